The normalized spacial score (nSPS) is 14.0. The number of nitrogens with one attached hydrogen (secondary N) is 2. The molecule has 9 nitrogen and oxygen atoms in total. The van der Waals surface area contributed by atoms with Crippen LogP contribution in [0.15, 0.2) is 46.2 Å². The Morgan fingerprint density at radius 3 is 2.78 bits per heavy atom. The predicted molar refractivity (Wildman–Crippen MR) is 123 cm³/mol. The molecule has 162 valence electrons. The molecule has 1 aliphatic carbocycles. The zero-order valence-electron chi connectivity index (χ0n) is 18.0. The van der Waals surface area contributed by atoms with Gasteiger partial charge in [0.25, 0.3) is 0 Å². The van der Waals surface area contributed by atoms with Crippen LogP contribution < -0.4 is 10.6 Å². The van der Waals surface area contributed by atoms with Gasteiger partial charge in [-0.25, -0.2) is 15.0 Å². The molecule has 1 fully saturated rings. The SMILES string of the molecule is CNc1ncc(-c2nc3cc(/C(C)=N\OC)ccc3o2)c2cc(NC(=O)C3CC3)ncc12. The summed E-state index contributed by atoms with van der Waals surface area (Å²) < 4.78 is 6.05. The first-order valence-electron chi connectivity index (χ1n) is 10.3. The molecule has 3 heterocycles. The van der Waals surface area contributed by atoms with Crippen LogP contribution in [-0.2, 0) is 9.63 Å². The Morgan fingerprint density at radius 1 is 1.19 bits per heavy atom. The number of fused-ring (bicyclic) bond motifs is 2. The summed E-state index contributed by atoms with van der Waals surface area (Å²) in [6.07, 6.45) is 5.27. The van der Waals surface area contributed by atoms with Gasteiger partial charge in [0.05, 0.1) is 11.3 Å². The van der Waals surface area contributed by atoms with Crippen molar-refractivity contribution in [3.8, 4) is 11.5 Å². The van der Waals surface area contributed by atoms with E-state index in [1.807, 2.05) is 31.2 Å². The van der Waals surface area contributed by atoms with E-state index in [0.717, 1.165) is 34.9 Å². The molecule has 0 aliphatic heterocycles. The Hall–Kier alpha value is -4.01. The molecule has 32 heavy (non-hydrogen) atoms. The van der Waals surface area contributed by atoms with Gasteiger partial charge in [0.1, 0.15) is 24.3 Å². The Bertz CT molecular complexity index is 1370. The highest BCUT2D eigenvalue weighted by atomic mass is 16.6. The second kappa shape index (κ2) is 7.92. The van der Waals surface area contributed by atoms with Crippen LogP contribution in [0.2, 0.25) is 0 Å². The number of oxazole rings is 1. The lowest BCUT2D eigenvalue weighted by atomic mass is 10.1. The molecule has 0 bridgehead atoms. The molecule has 1 saturated carbocycles. The fourth-order valence-corrected chi connectivity index (χ4v) is 3.60. The standard InChI is InChI=1S/C23H22N6O3/c1-12(29-31-3)14-6-7-19-18(8-14)27-23(32-19)17-11-26-21(24-2)16-10-25-20(9-15(16)17)28-22(30)13-4-5-13/h6-11,13H,4-5H2,1-3H3,(H,24,26)(H,25,28,30)/b29-12-. The largest absolute Gasteiger partial charge is 0.436 e. The second-order valence-electron chi connectivity index (χ2n) is 7.71. The number of amides is 1. The average Bonchev–Trinajstić information content (AvgIpc) is 3.57. The molecule has 1 amide bonds. The van der Waals surface area contributed by atoms with Crippen molar-refractivity contribution in [1.82, 2.24) is 15.0 Å². The molecule has 4 aromatic rings. The van der Waals surface area contributed by atoms with Gasteiger partial charge < -0.3 is 19.9 Å². The first-order valence-corrected chi connectivity index (χ1v) is 10.3. The maximum Gasteiger partial charge on any atom is 0.229 e. The molecule has 1 aliphatic rings. The van der Waals surface area contributed by atoms with Gasteiger partial charge in [-0.2, -0.15) is 0 Å². The van der Waals surface area contributed by atoms with Gasteiger partial charge in [0.2, 0.25) is 11.8 Å². The van der Waals surface area contributed by atoms with Crippen molar-refractivity contribution in [2.45, 2.75) is 19.8 Å². The summed E-state index contributed by atoms with van der Waals surface area (Å²) in [5, 5.41) is 11.6. The quantitative estimate of drug-likeness (QED) is 0.348. The third-order valence-corrected chi connectivity index (χ3v) is 5.47. The monoisotopic (exact) mass is 430 g/mol. The van der Waals surface area contributed by atoms with E-state index in [1.54, 1.807) is 19.4 Å². The summed E-state index contributed by atoms with van der Waals surface area (Å²) in [6, 6.07) is 7.51. The van der Waals surface area contributed by atoms with Crippen LogP contribution in [0.25, 0.3) is 33.3 Å². The molecule has 2 N–H and O–H groups in total. The molecule has 0 radical (unpaired) electrons. The summed E-state index contributed by atoms with van der Waals surface area (Å²) in [7, 11) is 3.31. The molecule has 0 spiro atoms. The van der Waals surface area contributed by atoms with Gasteiger partial charge >= 0.3 is 0 Å². The maximum absolute atomic E-state index is 12.2. The highest BCUT2D eigenvalue weighted by Crippen LogP contribution is 2.35. The maximum atomic E-state index is 12.2. The highest BCUT2D eigenvalue weighted by Gasteiger charge is 2.30. The van der Waals surface area contributed by atoms with Gasteiger partial charge in [-0.15, -0.1) is 0 Å². The fraction of sp³-hybridized carbons (Fsp3) is 0.261. The highest BCUT2D eigenvalue weighted by molar-refractivity contribution is 6.04. The number of hydrogen-bond acceptors (Lipinski definition) is 8. The van der Waals surface area contributed by atoms with Crippen LogP contribution in [-0.4, -0.2) is 40.7 Å². The van der Waals surface area contributed by atoms with Gasteiger partial charge in [-0.1, -0.05) is 5.16 Å². The number of oxime groups is 1. The summed E-state index contributed by atoms with van der Waals surface area (Å²) in [4.78, 5) is 30.7. The molecular formula is C23H22N6O3. The van der Waals surface area contributed by atoms with E-state index >= 15 is 0 Å². The first kappa shape index (κ1) is 19.9. The second-order valence-corrected chi connectivity index (χ2v) is 7.71. The van der Waals surface area contributed by atoms with Crippen molar-refractivity contribution in [2.24, 2.45) is 11.1 Å². The minimum atomic E-state index is 0.00350. The number of nitrogens with zero attached hydrogens (tertiary/aromatic N) is 4. The zero-order chi connectivity index (χ0) is 22.2. The lowest BCUT2D eigenvalue weighted by Crippen LogP contribution is -2.14. The van der Waals surface area contributed by atoms with E-state index in [9.17, 15) is 4.79 Å². The van der Waals surface area contributed by atoms with Gasteiger partial charge in [0.15, 0.2) is 5.58 Å². The number of aromatic nitrogens is 3. The number of carbonyl (C=O) groups excluding carboxylic acids is 1. The Kier molecular flexibility index (Phi) is 4.93. The topological polar surface area (TPSA) is 115 Å². The number of carbonyl (C=O) groups is 1. The molecule has 0 saturated heterocycles. The van der Waals surface area contributed by atoms with Crippen LogP contribution in [0.3, 0.4) is 0 Å². The number of anilines is 2. The number of hydrogen-bond donors (Lipinski definition) is 2. The molecule has 9 heteroatoms. The van der Waals surface area contributed by atoms with Crippen molar-refractivity contribution in [3.05, 3.63) is 42.2 Å². The molecule has 3 aromatic heterocycles. The predicted octanol–water partition coefficient (Wildman–Crippen LogP) is 4.20. The fourth-order valence-electron chi connectivity index (χ4n) is 3.60. The van der Waals surface area contributed by atoms with Crippen molar-refractivity contribution in [1.29, 1.82) is 0 Å². The van der Waals surface area contributed by atoms with Crippen molar-refractivity contribution in [3.63, 3.8) is 0 Å². The third-order valence-electron chi connectivity index (χ3n) is 5.47. The van der Waals surface area contributed by atoms with E-state index in [2.05, 4.69) is 30.7 Å². The molecule has 0 atom stereocenters. The lowest BCUT2D eigenvalue weighted by molar-refractivity contribution is -0.117. The van der Waals surface area contributed by atoms with Crippen molar-refractivity contribution < 1.29 is 14.0 Å². The van der Waals surface area contributed by atoms with Crippen molar-refractivity contribution in [2.75, 3.05) is 24.8 Å². The van der Waals surface area contributed by atoms with E-state index in [4.69, 9.17) is 9.25 Å². The van der Waals surface area contributed by atoms with E-state index < -0.39 is 0 Å². The third kappa shape index (κ3) is 3.62. The number of rotatable bonds is 6. The smallest absolute Gasteiger partial charge is 0.229 e. The van der Waals surface area contributed by atoms with E-state index in [0.29, 0.717) is 34.2 Å². The lowest BCUT2D eigenvalue weighted by Gasteiger charge is -2.10. The van der Waals surface area contributed by atoms with Crippen LogP contribution in [0.4, 0.5) is 11.6 Å². The zero-order valence-corrected chi connectivity index (χ0v) is 18.0. The molecular weight excluding hydrogens is 408 g/mol. The Balaban J connectivity index is 1.61. The minimum Gasteiger partial charge on any atom is -0.436 e. The summed E-state index contributed by atoms with van der Waals surface area (Å²) in [6.45, 7) is 1.87. The summed E-state index contributed by atoms with van der Waals surface area (Å²) >= 11 is 0. The van der Waals surface area contributed by atoms with Gasteiger partial charge in [-0.05, 0) is 44.0 Å². The number of benzene rings is 1. The van der Waals surface area contributed by atoms with Gasteiger partial charge in [0, 0.05) is 41.7 Å². The molecule has 5 rings (SSSR count). The first-order chi connectivity index (χ1) is 15.6. The molecule has 1 aromatic carbocycles. The minimum absolute atomic E-state index is 0.00350. The summed E-state index contributed by atoms with van der Waals surface area (Å²) in [5.41, 5.74) is 3.69. The van der Waals surface area contributed by atoms with Crippen LogP contribution in [0, 0.1) is 5.92 Å². The van der Waals surface area contributed by atoms with Crippen LogP contribution >= 0.6 is 0 Å². The number of pyridine rings is 2. The Labute approximate surface area is 183 Å². The van der Waals surface area contributed by atoms with Crippen LogP contribution in [0.1, 0.15) is 25.3 Å². The summed E-state index contributed by atoms with van der Waals surface area (Å²) in [5.74, 6) is 1.71. The van der Waals surface area contributed by atoms with E-state index in [1.165, 1.54) is 7.11 Å². The van der Waals surface area contributed by atoms with Crippen LogP contribution in [0.5, 0.6) is 0 Å². The van der Waals surface area contributed by atoms with Gasteiger partial charge in [-0.3, -0.25) is 4.79 Å². The van der Waals surface area contributed by atoms with Crippen molar-refractivity contribution >= 4 is 45.1 Å². The average molecular weight is 430 g/mol. The Morgan fingerprint density at radius 2 is 2.03 bits per heavy atom. The molecule has 0 unspecified atom stereocenters. The van der Waals surface area contributed by atoms with E-state index in [-0.39, 0.29) is 11.8 Å².